The predicted octanol–water partition coefficient (Wildman–Crippen LogP) is 2.44. The predicted molar refractivity (Wildman–Crippen MR) is 117 cm³/mol. The van der Waals surface area contributed by atoms with Crippen molar-refractivity contribution in [3.63, 3.8) is 0 Å². The fourth-order valence-corrected chi connectivity index (χ4v) is 8.28. The van der Waals surface area contributed by atoms with E-state index in [1.165, 1.54) is 15.9 Å². The van der Waals surface area contributed by atoms with Gasteiger partial charge in [0.25, 0.3) is 0 Å². The van der Waals surface area contributed by atoms with Crippen LogP contribution in [0.3, 0.4) is 0 Å². The van der Waals surface area contributed by atoms with Crippen LogP contribution < -0.4 is 15.9 Å². The van der Waals surface area contributed by atoms with Crippen LogP contribution in [-0.2, 0) is 10.4 Å². The van der Waals surface area contributed by atoms with Gasteiger partial charge in [0, 0.05) is 0 Å². The van der Waals surface area contributed by atoms with Gasteiger partial charge in [-0.05, 0) is 0 Å². The summed E-state index contributed by atoms with van der Waals surface area (Å²) in [6, 6.07) is 32.5. The third kappa shape index (κ3) is 6.23. The second kappa shape index (κ2) is 10.5. The summed E-state index contributed by atoms with van der Waals surface area (Å²) < 4.78 is 31.6. The molecule has 0 atom stereocenters. The number of rotatable bonds is 6. The molecule has 3 aromatic rings. The van der Waals surface area contributed by atoms with E-state index in [4.69, 9.17) is 17.5 Å². The van der Waals surface area contributed by atoms with Gasteiger partial charge < -0.3 is 0 Å². The van der Waals surface area contributed by atoms with E-state index >= 15 is 0 Å². The first-order valence-electron chi connectivity index (χ1n) is 8.85. The molecule has 5 nitrogen and oxygen atoms in total. The van der Waals surface area contributed by atoms with E-state index in [9.17, 15) is 5.11 Å². The van der Waals surface area contributed by atoms with Crippen LogP contribution in [0.2, 0.25) is 0 Å². The third-order valence-electron chi connectivity index (χ3n) is 4.51. The van der Waals surface area contributed by atoms with Gasteiger partial charge in [0.1, 0.15) is 0 Å². The second-order valence-electron chi connectivity index (χ2n) is 6.28. The summed E-state index contributed by atoms with van der Waals surface area (Å²) >= 11 is 0. The molecule has 0 bridgehead atoms. The molecular weight excluding hydrogens is 395 g/mol. The Bertz CT molecular complexity index is 828. The number of hydrogen-bond acceptors (Lipinski definition) is 3. The Morgan fingerprint density at radius 2 is 0.929 bits per heavy atom. The van der Waals surface area contributed by atoms with Crippen molar-refractivity contribution in [3.05, 3.63) is 91.0 Å². The summed E-state index contributed by atoms with van der Waals surface area (Å²) in [5.74, 6) is 0. The number of aliphatic hydroxyl groups is 1. The Kier molecular flexibility index (Phi) is 8.30. The Balaban J connectivity index is 0.000000500. The molecule has 0 saturated heterocycles. The van der Waals surface area contributed by atoms with Gasteiger partial charge in [0.05, 0.1) is 0 Å². The average molecular weight is 420 g/mol. The number of benzene rings is 3. The minimum atomic E-state index is -4.67. The van der Waals surface area contributed by atoms with Crippen molar-refractivity contribution in [2.75, 3.05) is 12.8 Å². The number of aliphatic hydroxyl groups excluding tert-OH is 1. The third-order valence-corrected chi connectivity index (χ3v) is 9.57. The van der Waals surface area contributed by atoms with Crippen molar-refractivity contribution in [1.82, 2.24) is 0 Å². The monoisotopic (exact) mass is 420 g/mol. The van der Waals surface area contributed by atoms with Gasteiger partial charge >= 0.3 is 149 Å². The molecule has 28 heavy (non-hydrogen) atoms. The van der Waals surface area contributed by atoms with Crippen LogP contribution in [0.1, 0.15) is 6.42 Å². The van der Waals surface area contributed by atoms with E-state index in [1.54, 1.807) is 0 Å². The molecule has 3 rings (SSSR count). The van der Waals surface area contributed by atoms with E-state index in [-0.39, 0.29) is 6.61 Å². The molecule has 0 aromatic heterocycles. The van der Waals surface area contributed by atoms with Gasteiger partial charge in [-0.2, -0.15) is 8.42 Å². The minimum absolute atomic E-state index is 0.237. The second-order valence-corrected chi connectivity index (χ2v) is 11.2. The first-order chi connectivity index (χ1) is 13.4. The number of hydrogen-bond donors (Lipinski definition) is 3. The van der Waals surface area contributed by atoms with Crippen molar-refractivity contribution in [1.29, 1.82) is 0 Å². The maximum absolute atomic E-state index is 9.49. The van der Waals surface area contributed by atoms with E-state index in [2.05, 4.69) is 91.0 Å². The summed E-state index contributed by atoms with van der Waals surface area (Å²) in [5, 5.41) is 13.7. The Labute approximate surface area is 166 Å². The molecule has 3 aromatic carbocycles. The molecule has 150 valence electrons. The molecule has 0 fully saturated rings. The van der Waals surface area contributed by atoms with Crippen molar-refractivity contribution in [2.24, 2.45) is 0 Å². The van der Waals surface area contributed by atoms with Gasteiger partial charge in [-0.1, -0.05) is 0 Å². The fourth-order valence-electron chi connectivity index (χ4n) is 3.45. The fraction of sp³-hybridized carbons (Fsp3) is 0.143. The molecule has 7 heteroatoms. The van der Waals surface area contributed by atoms with Gasteiger partial charge in [-0.15, -0.1) is 0 Å². The molecule has 0 saturated carbocycles. The molecule has 0 aliphatic heterocycles. The SMILES string of the molecule is O=S(=O)(O)O.OCCC[PH](c1ccccc1)(c1ccccc1)c1ccccc1. The van der Waals surface area contributed by atoms with E-state index < -0.39 is 17.7 Å². The Hall–Kier alpha value is -2.08. The van der Waals surface area contributed by atoms with Gasteiger partial charge in [0.2, 0.25) is 0 Å². The summed E-state index contributed by atoms with van der Waals surface area (Å²) in [4.78, 5) is 0. The van der Waals surface area contributed by atoms with Crippen molar-refractivity contribution >= 4 is 33.6 Å². The van der Waals surface area contributed by atoms with Gasteiger partial charge in [0.15, 0.2) is 0 Å². The summed E-state index contributed by atoms with van der Waals surface area (Å²) in [6.45, 7) is 0.237. The van der Waals surface area contributed by atoms with Crippen molar-refractivity contribution in [3.8, 4) is 0 Å². The first kappa shape index (κ1) is 22.2. The summed E-state index contributed by atoms with van der Waals surface area (Å²) in [6.07, 6.45) is 1.84. The van der Waals surface area contributed by atoms with Crippen LogP contribution in [0.25, 0.3) is 0 Å². The van der Waals surface area contributed by atoms with Crippen LogP contribution >= 0.6 is 7.26 Å². The van der Waals surface area contributed by atoms with Crippen molar-refractivity contribution in [2.45, 2.75) is 6.42 Å². The maximum atomic E-state index is 9.49. The van der Waals surface area contributed by atoms with Gasteiger partial charge in [-0.3, -0.25) is 9.11 Å². The quantitative estimate of drug-likeness (QED) is 0.421. The zero-order valence-electron chi connectivity index (χ0n) is 15.3. The Morgan fingerprint density at radius 1 is 0.643 bits per heavy atom. The van der Waals surface area contributed by atoms with Crippen LogP contribution in [0.5, 0.6) is 0 Å². The molecule has 0 radical (unpaired) electrons. The molecule has 0 amide bonds. The molecule has 0 unspecified atom stereocenters. The molecule has 0 aliphatic carbocycles. The van der Waals surface area contributed by atoms with Crippen LogP contribution in [-0.4, -0.2) is 35.4 Å². The van der Waals surface area contributed by atoms with E-state index in [0.717, 1.165) is 12.6 Å². The van der Waals surface area contributed by atoms with Gasteiger partial charge in [-0.25, -0.2) is 0 Å². The molecule has 0 heterocycles. The molecule has 0 aliphatic rings. The van der Waals surface area contributed by atoms with E-state index in [0.29, 0.717) is 0 Å². The van der Waals surface area contributed by atoms with Crippen LogP contribution in [0, 0.1) is 0 Å². The normalized spacial score (nSPS) is 12.0. The summed E-state index contributed by atoms with van der Waals surface area (Å²) in [5.41, 5.74) is 0. The summed E-state index contributed by atoms with van der Waals surface area (Å²) in [7, 11) is -6.77. The van der Waals surface area contributed by atoms with Crippen molar-refractivity contribution < 1.29 is 22.6 Å². The standard InChI is InChI=1S/C21H23OP.H2O4S/c22-17-10-18-23(19-11-4-1-5-12-19,20-13-6-2-7-14-20)21-15-8-3-9-16-21;1-5(2,3)4/h1-9,11-16,22-23H,10,17-18H2;(H2,1,2,3,4). The molecular formula is C21H25O5PS. The zero-order valence-corrected chi connectivity index (χ0v) is 17.2. The van der Waals surface area contributed by atoms with Crippen LogP contribution in [0.15, 0.2) is 91.0 Å². The zero-order chi connectivity index (χ0) is 20.5. The topological polar surface area (TPSA) is 94.8 Å². The Morgan fingerprint density at radius 3 is 1.18 bits per heavy atom. The molecule has 3 N–H and O–H groups in total. The average Bonchev–Trinajstić information content (AvgIpc) is 2.70. The first-order valence-corrected chi connectivity index (χ1v) is 12.5. The van der Waals surface area contributed by atoms with E-state index in [1.807, 2.05) is 0 Å². The molecule has 0 spiro atoms. The van der Waals surface area contributed by atoms with Crippen LogP contribution in [0.4, 0.5) is 0 Å².